The van der Waals surface area contributed by atoms with Crippen molar-refractivity contribution in [1.29, 1.82) is 0 Å². The molecule has 1 aromatic carbocycles. The molecule has 1 aromatic rings. The van der Waals surface area contributed by atoms with Crippen LogP contribution in [0.3, 0.4) is 0 Å². The second-order valence-electron chi connectivity index (χ2n) is 2.15. The molecular weight excluding hydrogens is 283 g/mol. The minimum atomic E-state index is 0.125. The predicted octanol–water partition coefficient (Wildman–Crippen LogP) is 3.05. The standard InChI is InChI=1S/C9H9IOS/c10-8(6-11)7-12-9-4-2-1-3-5-9/h1-5,7,11H,6H2/b8-7+. The molecule has 0 saturated heterocycles. The third kappa shape index (κ3) is 3.60. The van der Waals surface area contributed by atoms with Crippen molar-refractivity contribution < 1.29 is 5.11 Å². The molecule has 0 heterocycles. The van der Waals surface area contributed by atoms with E-state index in [4.69, 9.17) is 5.11 Å². The topological polar surface area (TPSA) is 20.2 Å². The number of hydrogen-bond acceptors (Lipinski definition) is 2. The normalized spacial score (nSPS) is 11.7. The van der Waals surface area contributed by atoms with Crippen molar-refractivity contribution in [1.82, 2.24) is 0 Å². The van der Waals surface area contributed by atoms with Crippen molar-refractivity contribution >= 4 is 34.4 Å². The Morgan fingerprint density at radius 2 is 2.08 bits per heavy atom. The molecule has 3 heteroatoms. The van der Waals surface area contributed by atoms with Gasteiger partial charge in [0.05, 0.1) is 6.61 Å². The summed E-state index contributed by atoms with van der Waals surface area (Å²) in [4.78, 5) is 1.19. The summed E-state index contributed by atoms with van der Waals surface area (Å²) < 4.78 is 0.960. The van der Waals surface area contributed by atoms with Gasteiger partial charge in [0.15, 0.2) is 0 Å². The first-order valence-corrected chi connectivity index (χ1v) is 5.46. The van der Waals surface area contributed by atoms with Crippen molar-refractivity contribution in [3.63, 3.8) is 0 Å². The molecule has 0 fully saturated rings. The number of halogens is 1. The van der Waals surface area contributed by atoms with Gasteiger partial charge in [-0.3, -0.25) is 0 Å². The summed E-state index contributed by atoms with van der Waals surface area (Å²) in [5, 5.41) is 10.7. The molecular formula is C9H9IOS. The third-order valence-corrected chi connectivity index (χ3v) is 3.24. The Morgan fingerprint density at radius 3 is 2.67 bits per heavy atom. The lowest BCUT2D eigenvalue weighted by Gasteiger charge is -1.95. The van der Waals surface area contributed by atoms with Gasteiger partial charge in [-0.05, 0) is 40.1 Å². The molecule has 0 radical (unpaired) electrons. The van der Waals surface area contributed by atoms with Gasteiger partial charge in [-0.2, -0.15) is 0 Å². The van der Waals surface area contributed by atoms with Gasteiger partial charge < -0.3 is 5.11 Å². The summed E-state index contributed by atoms with van der Waals surface area (Å²) in [6.07, 6.45) is 0. The van der Waals surface area contributed by atoms with E-state index in [1.807, 2.05) is 35.7 Å². The molecule has 0 unspecified atom stereocenters. The molecule has 0 aliphatic rings. The lowest BCUT2D eigenvalue weighted by Crippen LogP contribution is -1.76. The number of aliphatic hydroxyl groups is 1. The summed E-state index contributed by atoms with van der Waals surface area (Å²) >= 11 is 3.75. The third-order valence-electron chi connectivity index (χ3n) is 1.22. The van der Waals surface area contributed by atoms with Crippen LogP contribution in [0.2, 0.25) is 0 Å². The zero-order valence-corrected chi connectivity index (χ0v) is 9.38. The highest BCUT2D eigenvalue weighted by Gasteiger charge is 1.90. The van der Waals surface area contributed by atoms with E-state index in [0.29, 0.717) is 0 Å². The molecule has 0 saturated carbocycles. The van der Waals surface area contributed by atoms with Crippen LogP contribution < -0.4 is 0 Å². The maximum absolute atomic E-state index is 8.72. The molecule has 0 aromatic heterocycles. The average Bonchev–Trinajstić information content (AvgIpc) is 2.16. The van der Waals surface area contributed by atoms with Crippen LogP contribution in [-0.2, 0) is 0 Å². The Balaban J connectivity index is 2.54. The minimum absolute atomic E-state index is 0.125. The monoisotopic (exact) mass is 292 g/mol. The Hall–Kier alpha value is -0.000000000000000111. The summed E-state index contributed by atoms with van der Waals surface area (Å²) in [6, 6.07) is 10.1. The number of aliphatic hydroxyl groups excluding tert-OH is 1. The van der Waals surface area contributed by atoms with Gasteiger partial charge in [0, 0.05) is 8.48 Å². The van der Waals surface area contributed by atoms with Crippen LogP contribution in [0.5, 0.6) is 0 Å². The van der Waals surface area contributed by atoms with E-state index in [1.165, 1.54) is 4.90 Å². The largest absolute Gasteiger partial charge is 0.391 e. The van der Waals surface area contributed by atoms with E-state index in [0.717, 1.165) is 3.58 Å². The first-order valence-electron chi connectivity index (χ1n) is 3.50. The Bertz CT molecular complexity index is 258. The van der Waals surface area contributed by atoms with Crippen molar-refractivity contribution in [2.75, 3.05) is 6.61 Å². The van der Waals surface area contributed by atoms with Crippen LogP contribution >= 0.6 is 34.4 Å². The maximum Gasteiger partial charge on any atom is 0.0744 e. The predicted molar refractivity (Wildman–Crippen MR) is 61.5 cm³/mol. The molecule has 12 heavy (non-hydrogen) atoms. The quantitative estimate of drug-likeness (QED) is 0.682. The fourth-order valence-electron chi connectivity index (χ4n) is 0.668. The summed E-state index contributed by atoms with van der Waals surface area (Å²) in [5.74, 6) is 0. The van der Waals surface area contributed by atoms with Crippen LogP contribution in [0.1, 0.15) is 0 Å². The van der Waals surface area contributed by atoms with Gasteiger partial charge in [-0.1, -0.05) is 30.0 Å². The molecule has 0 bridgehead atoms. The van der Waals surface area contributed by atoms with Crippen LogP contribution in [0.15, 0.2) is 44.2 Å². The minimum Gasteiger partial charge on any atom is -0.391 e. The van der Waals surface area contributed by atoms with E-state index in [2.05, 4.69) is 22.6 Å². The van der Waals surface area contributed by atoms with Crippen LogP contribution in [0, 0.1) is 0 Å². The van der Waals surface area contributed by atoms with Crippen molar-refractivity contribution in [3.8, 4) is 0 Å². The maximum atomic E-state index is 8.72. The van der Waals surface area contributed by atoms with Crippen LogP contribution in [0.4, 0.5) is 0 Å². The van der Waals surface area contributed by atoms with Gasteiger partial charge in [0.1, 0.15) is 0 Å². The van der Waals surface area contributed by atoms with Crippen molar-refractivity contribution in [3.05, 3.63) is 39.3 Å². The molecule has 1 rings (SSSR count). The Kier molecular flexibility index (Phi) is 4.72. The van der Waals surface area contributed by atoms with E-state index in [-0.39, 0.29) is 6.61 Å². The Labute approximate surface area is 90.0 Å². The molecule has 64 valence electrons. The highest BCUT2D eigenvalue weighted by molar-refractivity contribution is 14.1. The van der Waals surface area contributed by atoms with Gasteiger partial charge in [-0.15, -0.1) is 0 Å². The summed E-state index contributed by atoms with van der Waals surface area (Å²) in [7, 11) is 0. The van der Waals surface area contributed by atoms with Gasteiger partial charge >= 0.3 is 0 Å². The van der Waals surface area contributed by atoms with Gasteiger partial charge in [0.25, 0.3) is 0 Å². The van der Waals surface area contributed by atoms with E-state index in [9.17, 15) is 0 Å². The van der Waals surface area contributed by atoms with Gasteiger partial charge in [-0.25, -0.2) is 0 Å². The van der Waals surface area contributed by atoms with Gasteiger partial charge in [0.2, 0.25) is 0 Å². The molecule has 1 N–H and O–H groups in total. The SMILES string of the molecule is OC/C(I)=C\Sc1ccccc1. The Morgan fingerprint density at radius 1 is 1.42 bits per heavy atom. The smallest absolute Gasteiger partial charge is 0.0744 e. The summed E-state index contributed by atoms with van der Waals surface area (Å²) in [5.41, 5.74) is 0. The first-order chi connectivity index (χ1) is 5.83. The number of thioether (sulfide) groups is 1. The molecule has 0 atom stereocenters. The second kappa shape index (κ2) is 5.61. The lowest BCUT2D eigenvalue weighted by atomic mass is 10.4. The molecule has 1 nitrogen and oxygen atoms in total. The molecule has 0 aliphatic carbocycles. The van der Waals surface area contributed by atoms with Crippen molar-refractivity contribution in [2.45, 2.75) is 4.90 Å². The fourth-order valence-corrected chi connectivity index (χ4v) is 1.70. The zero-order valence-electron chi connectivity index (χ0n) is 6.40. The number of hydrogen-bond donors (Lipinski definition) is 1. The number of rotatable bonds is 3. The zero-order chi connectivity index (χ0) is 8.81. The molecule has 0 spiro atoms. The fraction of sp³-hybridized carbons (Fsp3) is 0.111. The number of benzene rings is 1. The van der Waals surface area contributed by atoms with Crippen LogP contribution in [-0.4, -0.2) is 11.7 Å². The van der Waals surface area contributed by atoms with Crippen molar-refractivity contribution in [2.24, 2.45) is 0 Å². The average molecular weight is 292 g/mol. The summed E-state index contributed by atoms with van der Waals surface area (Å²) in [6.45, 7) is 0.125. The van der Waals surface area contributed by atoms with E-state index < -0.39 is 0 Å². The first kappa shape index (κ1) is 10.1. The second-order valence-corrected chi connectivity index (χ2v) is 4.48. The van der Waals surface area contributed by atoms with Crippen LogP contribution in [0.25, 0.3) is 0 Å². The lowest BCUT2D eigenvalue weighted by molar-refractivity contribution is 0.341. The molecule has 0 aliphatic heterocycles. The van der Waals surface area contributed by atoms with E-state index >= 15 is 0 Å². The molecule has 0 amide bonds. The van der Waals surface area contributed by atoms with E-state index in [1.54, 1.807) is 11.8 Å². The highest BCUT2D eigenvalue weighted by atomic mass is 127. The highest BCUT2D eigenvalue weighted by Crippen LogP contribution is 2.21.